The third kappa shape index (κ3) is 3.32. The van der Waals surface area contributed by atoms with Crippen molar-refractivity contribution in [3.63, 3.8) is 0 Å². The van der Waals surface area contributed by atoms with Crippen LogP contribution in [-0.4, -0.2) is 21.9 Å². The molecule has 0 amide bonds. The minimum atomic E-state index is -0.602. The highest BCUT2D eigenvalue weighted by Crippen LogP contribution is 2.22. The summed E-state index contributed by atoms with van der Waals surface area (Å²) in [4.78, 5) is 5.29. The zero-order chi connectivity index (χ0) is 13.0. The van der Waals surface area contributed by atoms with Crippen molar-refractivity contribution in [1.82, 2.24) is 10.1 Å². The average Bonchev–Trinajstić information content (AvgIpc) is 2.84. The Morgan fingerprint density at radius 3 is 3.06 bits per heavy atom. The monoisotopic (exact) mass is 265 g/mol. The lowest BCUT2D eigenvalue weighted by atomic mass is 10.2. The van der Waals surface area contributed by atoms with Crippen molar-refractivity contribution in [3.8, 4) is 0 Å². The molecule has 5 nitrogen and oxygen atoms in total. The smallest absolute Gasteiger partial charge is 0.245 e. The van der Waals surface area contributed by atoms with E-state index < -0.39 is 6.04 Å². The maximum absolute atomic E-state index is 8.88. The van der Waals surface area contributed by atoms with Gasteiger partial charge in [-0.15, -0.1) is 11.8 Å². The fourth-order valence-corrected chi connectivity index (χ4v) is 2.26. The second kappa shape index (κ2) is 5.99. The maximum Gasteiger partial charge on any atom is 0.245 e. The third-order valence-electron chi connectivity index (χ3n) is 2.36. The van der Waals surface area contributed by atoms with E-state index >= 15 is 0 Å². The molecule has 1 heterocycles. The number of nitrogens with zero attached hydrogens (tertiary/aromatic N) is 2. The van der Waals surface area contributed by atoms with Crippen LogP contribution in [-0.2, 0) is 5.75 Å². The first kappa shape index (κ1) is 13.1. The van der Waals surface area contributed by atoms with E-state index in [0.717, 1.165) is 4.90 Å². The zero-order valence-electron chi connectivity index (χ0n) is 10.0. The molecule has 0 bridgehead atoms. The number of rotatable bonds is 5. The summed E-state index contributed by atoms with van der Waals surface area (Å²) < 4.78 is 4.97. The lowest BCUT2D eigenvalue weighted by Gasteiger charge is -2.00. The number of aryl methyl sites for hydroxylation is 1. The number of nitrogens with two attached hydrogens (primary N) is 1. The van der Waals surface area contributed by atoms with Gasteiger partial charge in [0, 0.05) is 4.90 Å². The topological polar surface area (TPSA) is 85.2 Å². The van der Waals surface area contributed by atoms with E-state index in [1.54, 1.807) is 11.8 Å². The van der Waals surface area contributed by atoms with E-state index in [2.05, 4.69) is 29.2 Å². The van der Waals surface area contributed by atoms with Gasteiger partial charge >= 0.3 is 0 Å². The van der Waals surface area contributed by atoms with Gasteiger partial charge in [-0.05, 0) is 19.1 Å². The van der Waals surface area contributed by atoms with E-state index in [0.29, 0.717) is 11.6 Å². The van der Waals surface area contributed by atoms with E-state index in [-0.39, 0.29) is 12.5 Å². The predicted octanol–water partition coefficient (Wildman–Crippen LogP) is 1.66. The SMILES string of the molecule is Cc1cccc(SCc2noc([C@@H](N)CO)n2)c1. The van der Waals surface area contributed by atoms with E-state index in [4.69, 9.17) is 15.4 Å². The van der Waals surface area contributed by atoms with Crippen LogP contribution < -0.4 is 5.73 Å². The van der Waals surface area contributed by atoms with Gasteiger partial charge in [0.1, 0.15) is 6.04 Å². The van der Waals surface area contributed by atoms with Gasteiger partial charge in [0.2, 0.25) is 5.89 Å². The molecular weight excluding hydrogens is 250 g/mol. The molecule has 0 aliphatic carbocycles. The minimum absolute atomic E-state index is 0.202. The van der Waals surface area contributed by atoms with Gasteiger partial charge in [-0.25, -0.2) is 0 Å². The fourth-order valence-electron chi connectivity index (χ4n) is 1.41. The molecular formula is C12H15N3O2S. The van der Waals surface area contributed by atoms with Crippen LogP contribution >= 0.6 is 11.8 Å². The van der Waals surface area contributed by atoms with Gasteiger partial charge in [-0.2, -0.15) is 4.98 Å². The van der Waals surface area contributed by atoms with Crippen LogP contribution in [0.15, 0.2) is 33.7 Å². The van der Waals surface area contributed by atoms with Crippen LogP contribution in [0.4, 0.5) is 0 Å². The van der Waals surface area contributed by atoms with Crippen LogP contribution in [0.25, 0.3) is 0 Å². The van der Waals surface area contributed by atoms with E-state index in [1.807, 2.05) is 12.1 Å². The molecule has 0 radical (unpaired) electrons. The Morgan fingerprint density at radius 1 is 1.50 bits per heavy atom. The van der Waals surface area contributed by atoms with E-state index in [1.165, 1.54) is 5.56 Å². The molecule has 0 saturated heterocycles. The maximum atomic E-state index is 8.88. The van der Waals surface area contributed by atoms with Crippen molar-refractivity contribution in [2.24, 2.45) is 5.73 Å². The van der Waals surface area contributed by atoms with Crippen LogP contribution in [0.5, 0.6) is 0 Å². The molecule has 1 aromatic heterocycles. The highest BCUT2D eigenvalue weighted by atomic mass is 32.2. The van der Waals surface area contributed by atoms with Crippen molar-refractivity contribution < 1.29 is 9.63 Å². The summed E-state index contributed by atoms with van der Waals surface area (Å²) in [7, 11) is 0. The fraction of sp³-hybridized carbons (Fsp3) is 0.333. The number of aromatic nitrogens is 2. The van der Waals surface area contributed by atoms with Crippen molar-refractivity contribution in [1.29, 1.82) is 0 Å². The third-order valence-corrected chi connectivity index (χ3v) is 3.34. The Bertz CT molecular complexity index is 516. The van der Waals surface area contributed by atoms with Gasteiger partial charge in [0.15, 0.2) is 5.82 Å². The molecule has 0 aliphatic heterocycles. The quantitative estimate of drug-likeness (QED) is 0.800. The number of thioether (sulfide) groups is 1. The second-order valence-electron chi connectivity index (χ2n) is 3.94. The first-order valence-corrected chi connectivity index (χ1v) is 6.56. The molecule has 96 valence electrons. The first-order chi connectivity index (χ1) is 8.69. The van der Waals surface area contributed by atoms with Gasteiger partial charge in [0.25, 0.3) is 0 Å². The minimum Gasteiger partial charge on any atom is -0.394 e. The molecule has 18 heavy (non-hydrogen) atoms. The molecule has 2 rings (SSSR count). The largest absolute Gasteiger partial charge is 0.394 e. The molecule has 6 heteroatoms. The van der Waals surface area contributed by atoms with Crippen molar-refractivity contribution in [3.05, 3.63) is 41.5 Å². The molecule has 0 fully saturated rings. The zero-order valence-corrected chi connectivity index (χ0v) is 10.9. The molecule has 0 saturated carbocycles. The molecule has 3 N–H and O–H groups in total. The molecule has 2 aromatic rings. The molecule has 1 atom stereocenters. The lowest BCUT2D eigenvalue weighted by Crippen LogP contribution is -2.14. The highest BCUT2D eigenvalue weighted by Gasteiger charge is 2.13. The van der Waals surface area contributed by atoms with Crippen molar-refractivity contribution in [2.45, 2.75) is 23.6 Å². The van der Waals surface area contributed by atoms with Crippen molar-refractivity contribution >= 4 is 11.8 Å². The Hall–Kier alpha value is -1.37. The number of benzene rings is 1. The Kier molecular flexibility index (Phi) is 4.35. The normalized spacial score (nSPS) is 12.6. The van der Waals surface area contributed by atoms with Crippen molar-refractivity contribution in [2.75, 3.05) is 6.61 Å². The summed E-state index contributed by atoms with van der Waals surface area (Å²) in [6.07, 6.45) is 0. The van der Waals surface area contributed by atoms with Gasteiger partial charge < -0.3 is 15.4 Å². The lowest BCUT2D eigenvalue weighted by molar-refractivity contribution is 0.236. The van der Waals surface area contributed by atoms with Gasteiger partial charge in [0.05, 0.1) is 12.4 Å². The summed E-state index contributed by atoms with van der Waals surface area (Å²) in [5, 5.41) is 12.7. The standard InChI is InChI=1S/C12H15N3O2S/c1-8-3-2-4-9(5-8)18-7-11-14-12(17-15-11)10(13)6-16/h2-5,10,16H,6-7,13H2,1H3/t10-/m0/s1. The average molecular weight is 265 g/mol. The highest BCUT2D eigenvalue weighted by molar-refractivity contribution is 7.98. The summed E-state index contributed by atoms with van der Waals surface area (Å²) in [5.74, 6) is 1.48. The molecule has 0 aliphatic rings. The van der Waals surface area contributed by atoms with Crippen LogP contribution in [0.2, 0.25) is 0 Å². The number of aliphatic hydroxyl groups is 1. The number of hydrogen-bond acceptors (Lipinski definition) is 6. The van der Waals surface area contributed by atoms with Crippen LogP contribution in [0.1, 0.15) is 23.3 Å². The summed E-state index contributed by atoms with van der Waals surface area (Å²) in [6.45, 7) is 1.85. The number of hydrogen-bond donors (Lipinski definition) is 2. The summed E-state index contributed by atoms with van der Waals surface area (Å²) in [5.41, 5.74) is 6.80. The Balaban J connectivity index is 1.96. The van der Waals surface area contributed by atoms with E-state index in [9.17, 15) is 0 Å². The van der Waals surface area contributed by atoms with Crippen LogP contribution in [0.3, 0.4) is 0 Å². The second-order valence-corrected chi connectivity index (χ2v) is 4.99. The Labute approximate surface area is 109 Å². The molecule has 1 aromatic carbocycles. The predicted molar refractivity (Wildman–Crippen MR) is 69.1 cm³/mol. The number of aliphatic hydroxyl groups excluding tert-OH is 1. The molecule has 0 spiro atoms. The van der Waals surface area contributed by atoms with Gasteiger partial charge in [-0.3, -0.25) is 0 Å². The summed E-state index contributed by atoms with van der Waals surface area (Å²) >= 11 is 1.63. The summed E-state index contributed by atoms with van der Waals surface area (Å²) in [6, 6.07) is 7.61. The Morgan fingerprint density at radius 2 is 2.33 bits per heavy atom. The van der Waals surface area contributed by atoms with Crippen LogP contribution in [0, 0.1) is 6.92 Å². The first-order valence-electron chi connectivity index (χ1n) is 5.57. The molecule has 0 unspecified atom stereocenters. The van der Waals surface area contributed by atoms with Gasteiger partial charge in [-0.1, -0.05) is 22.9 Å².